The fourth-order valence-electron chi connectivity index (χ4n) is 3.78. The molecule has 1 N–H and O–H groups in total. The number of ether oxygens (including phenoxy) is 1. The summed E-state index contributed by atoms with van der Waals surface area (Å²) in [6.45, 7) is 6.90. The molecule has 1 saturated heterocycles. The first kappa shape index (κ1) is 19.5. The van der Waals surface area contributed by atoms with Crippen LogP contribution >= 0.6 is 12.2 Å². The summed E-state index contributed by atoms with van der Waals surface area (Å²) in [5, 5.41) is 4.16. The fourth-order valence-corrected chi connectivity index (χ4v) is 4.23. The van der Waals surface area contributed by atoms with Crippen molar-refractivity contribution in [2.24, 2.45) is 0 Å². The second kappa shape index (κ2) is 8.25. The molecule has 2 atom stereocenters. The van der Waals surface area contributed by atoms with Crippen LogP contribution in [0.4, 0.5) is 0 Å². The highest BCUT2D eigenvalue weighted by atomic mass is 32.1. The smallest absolute Gasteiger partial charge is 0.170 e. The van der Waals surface area contributed by atoms with Crippen LogP contribution in [0.25, 0.3) is 11.3 Å². The van der Waals surface area contributed by atoms with Crippen molar-refractivity contribution in [1.29, 1.82) is 0 Å². The number of nitrogens with zero attached hydrogens (tertiary/aromatic N) is 2. The minimum atomic E-state index is -0.0644. The normalized spacial score (nSPS) is 18.9. The van der Waals surface area contributed by atoms with Crippen molar-refractivity contribution in [2.75, 3.05) is 6.61 Å². The summed E-state index contributed by atoms with van der Waals surface area (Å²) < 4.78 is 11.9. The lowest BCUT2D eigenvalue weighted by Crippen LogP contribution is -2.35. The van der Waals surface area contributed by atoms with Gasteiger partial charge in [-0.2, -0.15) is 0 Å². The van der Waals surface area contributed by atoms with E-state index < -0.39 is 0 Å². The molecule has 0 unspecified atom stereocenters. The molecule has 0 saturated carbocycles. The molecule has 0 spiro atoms. The summed E-state index contributed by atoms with van der Waals surface area (Å²) in [6, 6.07) is 18.0. The Labute approximate surface area is 176 Å². The average Bonchev–Trinajstić information content (AvgIpc) is 3.34. The van der Waals surface area contributed by atoms with Crippen molar-refractivity contribution < 1.29 is 9.15 Å². The van der Waals surface area contributed by atoms with Crippen molar-refractivity contribution in [3.63, 3.8) is 0 Å². The molecule has 1 fully saturated rings. The molecule has 5 nitrogen and oxygen atoms in total. The van der Waals surface area contributed by atoms with Gasteiger partial charge in [0.25, 0.3) is 0 Å². The molecule has 0 amide bonds. The van der Waals surface area contributed by atoms with Crippen LogP contribution < -0.4 is 10.1 Å². The molecule has 29 heavy (non-hydrogen) atoms. The average molecular weight is 408 g/mol. The number of hydrogen-bond donors (Lipinski definition) is 1. The Kier molecular flexibility index (Phi) is 5.53. The van der Waals surface area contributed by atoms with E-state index in [9.17, 15) is 0 Å². The van der Waals surface area contributed by atoms with Crippen LogP contribution in [0.1, 0.15) is 44.3 Å². The molecule has 0 bridgehead atoms. The largest absolute Gasteiger partial charge is 0.494 e. The zero-order valence-corrected chi connectivity index (χ0v) is 17.6. The Bertz CT molecular complexity index is 969. The molecule has 1 aliphatic heterocycles. The van der Waals surface area contributed by atoms with E-state index in [1.165, 1.54) is 0 Å². The minimum Gasteiger partial charge on any atom is -0.494 e. The molecule has 4 rings (SSSR count). The fraction of sp³-hybridized carbons (Fsp3) is 0.304. The number of furan rings is 1. The summed E-state index contributed by atoms with van der Waals surface area (Å²) in [4.78, 5) is 6.74. The number of nitrogens with one attached hydrogen (secondary N) is 1. The Morgan fingerprint density at radius 1 is 1.14 bits per heavy atom. The number of aromatic nitrogens is 1. The third-order valence-electron chi connectivity index (χ3n) is 5.06. The summed E-state index contributed by atoms with van der Waals surface area (Å²) in [5.74, 6) is 2.55. The molecule has 1 aliphatic rings. The van der Waals surface area contributed by atoms with Crippen LogP contribution in [0.5, 0.6) is 5.75 Å². The molecule has 0 aliphatic carbocycles. The van der Waals surface area contributed by atoms with Gasteiger partial charge in [0.2, 0.25) is 0 Å². The van der Waals surface area contributed by atoms with Crippen molar-refractivity contribution >= 4 is 17.3 Å². The molecule has 3 heterocycles. The second-order valence-electron chi connectivity index (χ2n) is 7.29. The van der Waals surface area contributed by atoms with Crippen LogP contribution in [0.2, 0.25) is 0 Å². The first-order chi connectivity index (χ1) is 14.1. The third-order valence-corrected chi connectivity index (χ3v) is 5.39. The number of hydrogen-bond acceptors (Lipinski definition) is 4. The molecule has 2 aromatic heterocycles. The number of thiocarbonyl (C=S) groups is 1. The van der Waals surface area contributed by atoms with Crippen molar-refractivity contribution in [1.82, 2.24) is 15.2 Å². The summed E-state index contributed by atoms with van der Waals surface area (Å²) in [5.41, 5.74) is 1.96. The molecule has 1 aromatic carbocycles. The van der Waals surface area contributed by atoms with Gasteiger partial charge in [-0.25, -0.2) is 0 Å². The lowest BCUT2D eigenvalue weighted by Gasteiger charge is -2.29. The maximum atomic E-state index is 6.32. The van der Waals surface area contributed by atoms with E-state index >= 15 is 0 Å². The van der Waals surface area contributed by atoms with E-state index in [2.05, 4.69) is 29.0 Å². The van der Waals surface area contributed by atoms with Crippen molar-refractivity contribution in [2.45, 2.75) is 38.9 Å². The summed E-state index contributed by atoms with van der Waals surface area (Å²) in [6.07, 6.45) is 1.81. The summed E-state index contributed by atoms with van der Waals surface area (Å²) >= 11 is 5.64. The van der Waals surface area contributed by atoms with E-state index in [0.29, 0.717) is 6.61 Å². The Morgan fingerprint density at radius 2 is 1.93 bits per heavy atom. The molecule has 3 aromatic rings. The first-order valence-corrected chi connectivity index (χ1v) is 10.3. The molecule has 6 heteroatoms. The van der Waals surface area contributed by atoms with Crippen LogP contribution in [0.3, 0.4) is 0 Å². The highest BCUT2D eigenvalue weighted by Gasteiger charge is 2.42. The lowest BCUT2D eigenvalue weighted by atomic mass is 10.0. The molecular weight excluding hydrogens is 382 g/mol. The van der Waals surface area contributed by atoms with Gasteiger partial charge in [-0.1, -0.05) is 6.07 Å². The van der Waals surface area contributed by atoms with E-state index in [1.807, 2.05) is 67.7 Å². The standard InChI is InChI=1S/C23H25N3O2S/c1-4-27-17-10-8-16(9-11-17)19-12-13-20(28-19)22-21(18-7-5-6-14-24-18)25-23(29)26(22)15(2)3/h5-15,21-22H,4H2,1-3H3,(H,25,29)/t21-,22-/m0/s1. The minimum absolute atomic E-state index is 0.0613. The van der Waals surface area contributed by atoms with E-state index in [0.717, 1.165) is 33.6 Å². The lowest BCUT2D eigenvalue weighted by molar-refractivity contribution is 0.237. The maximum Gasteiger partial charge on any atom is 0.170 e. The topological polar surface area (TPSA) is 50.5 Å². The van der Waals surface area contributed by atoms with Crippen LogP contribution in [-0.2, 0) is 0 Å². The first-order valence-electron chi connectivity index (χ1n) is 9.91. The van der Waals surface area contributed by atoms with Gasteiger partial charge in [-0.15, -0.1) is 0 Å². The van der Waals surface area contributed by atoms with Gasteiger partial charge in [0.05, 0.1) is 18.3 Å². The van der Waals surface area contributed by atoms with Gasteiger partial charge in [0, 0.05) is 17.8 Å². The molecular formula is C23H25N3O2S. The number of rotatable bonds is 6. The van der Waals surface area contributed by atoms with Gasteiger partial charge < -0.3 is 19.4 Å². The van der Waals surface area contributed by atoms with E-state index in [4.69, 9.17) is 21.4 Å². The van der Waals surface area contributed by atoms with Gasteiger partial charge >= 0.3 is 0 Å². The Morgan fingerprint density at radius 3 is 2.59 bits per heavy atom. The third kappa shape index (κ3) is 3.85. The van der Waals surface area contributed by atoms with E-state index in [1.54, 1.807) is 0 Å². The van der Waals surface area contributed by atoms with Crippen LogP contribution in [-0.4, -0.2) is 27.6 Å². The van der Waals surface area contributed by atoms with Gasteiger partial charge in [0.1, 0.15) is 23.3 Å². The Hall–Kier alpha value is -2.86. The zero-order chi connectivity index (χ0) is 20.4. The van der Waals surface area contributed by atoms with Crippen LogP contribution in [0, 0.1) is 0 Å². The van der Waals surface area contributed by atoms with E-state index in [-0.39, 0.29) is 18.1 Å². The Balaban J connectivity index is 1.68. The SMILES string of the molecule is CCOc1ccc(-c2ccc([C@H]3[C@H](c4ccccn4)NC(=S)N3C(C)C)o2)cc1. The maximum absolute atomic E-state index is 6.32. The number of benzene rings is 1. The zero-order valence-electron chi connectivity index (χ0n) is 16.8. The number of pyridine rings is 1. The van der Waals surface area contributed by atoms with Gasteiger partial charge in [-0.3, -0.25) is 4.98 Å². The predicted molar refractivity (Wildman–Crippen MR) is 118 cm³/mol. The molecule has 150 valence electrons. The monoisotopic (exact) mass is 407 g/mol. The van der Waals surface area contributed by atoms with Crippen molar-refractivity contribution in [3.8, 4) is 17.1 Å². The highest BCUT2D eigenvalue weighted by molar-refractivity contribution is 7.80. The summed E-state index contributed by atoms with van der Waals surface area (Å²) in [7, 11) is 0. The highest BCUT2D eigenvalue weighted by Crippen LogP contribution is 2.41. The van der Waals surface area contributed by atoms with Crippen molar-refractivity contribution in [3.05, 3.63) is 72.2 Å². The molecule has 0 radical (unpaired) electrons. The van der Waals surface area contributed by atoms with Gasteiger partial charge in [0.15, 0.2) is 5.11 Å². The van der Waals surface area contributed by atoms with Gasteiger partial charge in [-0.05, 0) is 81.5 Å². The second-order valence-corrected chi connectivity index (χ2v) is 7.67. The van der Waals surface area contributed by atoms with Crippen LogP contribution in [0.15, 0.2) is 65.2 Å². The quantitative estimate of drug-likeness (QED) is 0.572. The predicted octanol–water partition coefficient (Wildman–Crippen LogP) is 5.12.